The van der Waals surface area contributed by atoms with E-state index < -0.39 is 5.60 Å². The number of fused-ring (bicyclic) bond motifs is 4. The normalized spacial score (nSPS) is 54.9. The first-order valence-corrected chi connectivity index (χ1v) is 8.94. The first-order chi connectivity index (χ1) is 10.7. The molecule has 4 aliphatic rings. The van der Waals surface area contributed by atoms with E-state index in [1.54, 1.807) is 0 Å². The number of epoxide rings is 1. The Morgan fingerprint density at radius 1 is 1.30 bits per heavy atom. The fourth-order valence-corrected chi connectivity index (χ4v) is 6.10. The minimum absolute atomic E-state index is 0.0658. The van der Waals surface area contributed by atoms with Crippen molar-refractivity contribution in [3.8, 4) is 0 Å². The van der Waals surface area contributed by atoms with Crippen LogP contribution in [0.4, 0.5) is 0 Å². The zero-order valence-corrected chi connectivity index (χ0v) is 14.5. The molecule has 0 radical (unpaired) electrons. The van der Waals surface area contributed by atoms with E-state index in [9.17, 15) is 9.90 Å². The second kappa shape index (κ2) is 4.30. The Balaban J connectivity index is 1.77. The van der Waals surface area contributed by atoms with Crippen molar-refractivity contribution in [3.63, 3.8) is 0 Å². The molecule has 3 fully saturated rings. The number of rotatable bonds is 1. The van der Waals surface area contributed by atoms with Crippen LogP contribution in [0.1, 0.15) is 52.9 Å². The monoisotopic (exact) mass is 316 g/mol. The highest BCUT2D eigenvalue weighted by Crippen LogP contribution is 2.69. The number of carbonyl (C=O) groups excluding carboxylic acids is 1. The van der Waals surface area contributed by atoms with Crippen LogP contribution in [0, 0.1) is 28.1 Å². The Labute approximate surface area is 138 Å². The standard InChI is InChI=1S/C20H28O3/c1-5-17(2)8-9-18(3)13(11-17)6-7-19(4)15(18)10-14(21)16(22)20(19)12-23-20/h5,10,13,15,21H,1,6-9,11-12H2,2-4H3/t13-,15+,17-,18-,19-,20+/m1/s1. The van der Waals surface area contributed by atoms with E-state index in [1.807, 2.05) is 6.08 Å². The molecule has 0 aromatic carbocycles. The van der Waals surface area contributed by atoms with E-state index in [0.29, 0.717) is 12.5 Å². The molecule has 1 heterocycles. The van der Waals surface area contributed by atoms with Gasteiger partial charge >= 0.3 is 0 Å². The first kappa shape index (κ1) is 15.4. The SMILES string of the molecule is C=C[C@]1(C)CC[C@]2(C)[C@H](CC[C@]3(C)[C@H]2C=C(O)C(=O)[C@@]32CO2)C1. The molecule has 0 bridgehead atoms. The van der Waals surface area contributed by atoms with Crippen LogP contribution in [-0.2, 0) is 9.53 Å². The molecule has 126 valence electrons. The average Bonchev–Trinajstić information content (AvgIpc) is 3.32. The van der Waals surface area contributed by atoms with Gasteiger partial charge in [-0.15, -0.1) is 6.58 Å². The largest absolute Gasteiger partial charge is 0.505 e. The van der Waals surface area contributed by atoms with Crippen molar-refractivity contribution < 1.29 is 14.6 Å². The van der Waals surface area contributed by atoms with Gasteiger partial charge < -0.3 is 9.84 Å². The molecule has 1 aliphatic heterocycles. The highest BCUT2D eigenvalue weighted by Gasteiger charge is 2.73. The summed E-state index contributed by atoms with van der Waals surface area (Å²) in [5, 5.41) is 10.3. The van der Waals surface area contributed by atoms with Gasteiger partial charge in [0.15, 0.2) is 11.4 Å². The number of ketones is 1. The Hall–Kier alpha value is -1.09. The molecule has 3 heteroatoms. The maximum atomic E-state index is 12.5. The highest BCUT2D eigenvalue weighted by atomic mass is 16.6. The number of Topliss-reactive ketones (excluding diaryl/α,β-unsaturated/α-hetero) is 1. The predicted octanol–water partition coefficient (Wildman–Crippen LogP) is 4.20. The maximum absolute atomic E-state index is 12.5. The van der Waals surface area contributed by atoms with Crippen molar-refractivity contribution in [1.82, 2.24) is 0 Å². The van der Waals surface area contributed by atoms with Gasteiger partial charge in [0.05, 0.1) is 6.61 Å². The van der Waals surface area contributed by atoms with E-state index in [-0.39, 0.29) is 33.7 Å². The van der Waals surface area contributed by atoms with Crippen molar-refractivity contribution in [2.24, 2.45) is 28.1 Å². The molecule has 0 aromatic heterocycles. The Morgan fingerprint density at radius 3 is 2.61 bits per heavy atom. The molecule has 2 saturated carbocycles. The summed E-state index contributed by atoms with van der Waals surface area (Å²) in [5.41, 5.74) is -0.571. The van der Waals surface area contributed by atoms with Crippen LogP contribution in [-0.4, -0.2) is 23.1 Å². The van der Waals surface area contributed by atoms with Crippen LogP contribution in [0.5, 0.6) is 0 Å². The van der Waals surface area contributed by atoms with E-state index in [1.165, 1.54) is 0 Å². The summed E-state index contributed by atoms with van der Waals surface area (Å²) in [5.74, 6) is 0.572. The number of carbonyl (C=O) groups is 1. The third-order valence-electron chi connectivity index (χ3n) is 8.06. The van der Waals surface area contributed by atoms with E-state index in [0.717, 1.165) is 32.1 Å². The van der Waals surface area contributed by atoms with Crippen molar-refractivity contribution in [2.45, 2.75) is 58.5 Å². The third kappa shape index (κ3) is 1.72. The summed E-state index contributed by atoms with van der Waals surface area (Å²) >= 11 is 0. The van der Waals surface area contributed by atoms with Crippen molar-refractivity contribution in [2.75, 3.05) is 6.61 Å². The number of hydrogen-bond donors (Lipinski definition) is 1. The summed E-state index contributed by atoms with van der Waals surface area (Å²) in [6, 6.07) is 0. The lowest BCUT2D eigenvalue weighted by Gasteiger charge is -2.61. The van der Waals surface area contributed by atoms with Gasteiger partial charge in [-0.05, 0) is 60.8 Å². The molecule has 6 atom stereocenters. The Kier molecular flexibility index (Phi) is 2.89. The van der Waals surface area contributed by atoms with E-state index in [4.69, 9.17) is 4.74 Å². The van der Waals surface area contributed by atoms with Crippen molar-refractivity contribution in [1.29, 1.82) is 0 Å². The number of aliphatic hydroxyl groups is 1. The molecule has 0 amide bonds. The molecule has 1 N–H and O–H groups in total. The van der Waals surface area contributed by atoms with Crippen LogP contribution in [0.25, 0.3) is 0 Å². The van der Waals surface area contributed by atoms with Gasteiger partial charge in [0.2, 0.25) is 5.78 Å². The number of allylic oxidation sites excluding steroid dienone is 2. The van der Waals surface area contributed by atoms with Gasteiger partial charge in [-0.1, -0.05) is 26.8 Å². The molecule has 1 saturated heterocycles. The second-order valence-electron chi connectivity index (χ2n) is 9.20. The van der Waals surface area contributed by atoms with Crippen LogP contribution < -0.4 is 0 Å². The molecule has 0 unspecified atom stereocenters. The molecule has 3 nitrogen and oxygen atoms in total. The van der Waals surface area contributed by atoms with Gasteiger partial charge in [-0.25, -0.2) is 0 Å². The zero-order chi connectivity index (χ0) is 16.7. The van der Waals surface area contributed by atoms with E-state index >= 15 is 0 Å². The van der Waals surface area contributed by atoms with Gasteiger partial charge in [0.25, 0.3) is 0 Å². The highest BCUT2D eigenvalue weighted by molar-refractivity contribution is 6.03. The molecule has 23 heavy (non-hydrogen) atoms. The van der Waals surface area contributed by atoms with Crippen LogP contribution in [0.3, 0.4) is 0 Å². The number of hydrogen-bond acceptors (Lipinski definition) is 3. The van der Waals surface area contributed by atoms with Gasteiger partial charge in [0.1, 0.15) is 0 Å². The Bertz CT molecular complexity index is 616. The number of aliphatic hydroxyl groups excluding tert-OH is 1. The molecular formula is C20H28O3. The van der Waals surface area contributed by atoms with Gasteiger partial charge in [0, 0.05) is 5.41 Å². The zero-order valence-electron chi connectivity index (χ0n) is 14.5. The fourth-order valence-electron chi connectivity index (χ4n) is 6.10. The van der Waals surface area contributed by atoms with Crippen LogP contribution >= 0.6 is 0 Å². The summed E-state index contributed by atoms with van der Waals surface area (Å²) in [4.78, 5) is 12.5. The molecule has 0 aromatic rings. The molecule has 3 aliphatic carbocycles. The topological polar surface area (TPSA) is 49.8 Å². The fraction of sp³-hybridized carbons (Fsp3) is 0.750. The van der Waals surface area contributed by atoms with Crippen LogP contribution in [0.2, 0.25) is 0 Å². The molecule has 4 rings (SSSR count). The van der Waals surface area contributed by atoms with E-state index in [2.05, 4.69) is 33.4 Å². The average molecular weight is 316 g/mol. The van der Waals surface area contributed by atoms with Gasteiger partial charge in [-0.2, -0.15) is 0 Å². The molecule has 1 spiro atoms. The second-order valence-corrected chi connectivity index (χ2v) is 9.20. The smallest absolute Gasteiger partial charge is 0.231 e. The lowest BCUT2D eigenvalue weighted by atomic mass is 9.42. The lowest BCUT2D eigenvalue weighted by molar-refractivity contribution is -0.147. The Morgan fingerprint density at radius 2 is 2.00 bits per heavy atom. The minimum Gasteiger partial charge on any atom is -0.505 e. The van der Waals surface area contributed by atoms with Crippen molar-refractivity contribution >= 4 is 5.78 Å². The minimum atomic E-state index is -0.746. The quantitative estimate of drug-likeness (QED) is 0.583. The van der Waals surface area contributed by atoms with Crippen molar-refractivity contribution in [3.05, 3.63) is 24.5 Å². The number of ether oxygens (including phenoxy) is 1. The van der Waals surface area contributed by atoms with Crippen LogP contribution in [0.15, 0.2) is 24.5 Å². The summed E-state index contributed by atoms with van der Waals surface area (Å²) in [6.07, 6.45) is 9.55. The van der Waals surface area contributed by atoms with Gasteiger partial charge in [-0.3, -0.25) is 4.79 Å². The summed E-state index contributed by atoms with van der Waals surface area (Å²) in [7, 11) is 0. The maximum Gasteiger partial charge on any atom is 0.231 e. The first-order valence-electron chi connectivity index (χ1n) is 8.94. The summed E-state index contributed by atoms with van der Waals surface area (Å²) < 4.78 is 5.71. The third-order valence-corrected chi connectivity index (χ3v) is 8.06. The predicted molar refractivity (Wildman–Crippen MR) is 89.0 cm³/mol. The molecular weight excluding hydrogens is 288 g/mol. The lowest BCUT2D eigenvalue weighted by Crippen LogP contribution is -2.60. The summed E-state index contributed by atoms with van der Waals surface area (Å²) in [6.45, 7) is 11.4.